The van der Waals surface area contributed by atoms with E-state index < -0.39 is 26.6 Å². The third-order valence-electron chi connectivity index (χ3n) is 16.5. The summed E-state index contributed by atoms with van der Waals surface area (Å²) in [6, 6.07) is -0.896. The number of quaternary nitrogens is 1. The lowest BCUT2D eigenvalue weighted by molar-refractivity contribution is -0.870. The largest absolute Gasteiger partial charge is 0.756 e. The second kappa shape index (κ2) is 67.8. The number of phosphoric ester groups is 1. The normalized spacial score (nSPS) is 14.0. The highest BCUT2D eigenvalue weighted by atomic mass is 31.2. The Labute approximate surface area is 551 Å². The fourth-order valence-electron chi connectivity index (χ4n) is 10.8. The van der Waals surface area contributed by atoms with Crippen LogP contribution in [-0.2, 0) is 27.9 Å². The Hall–Kier alpha value is -3.07. The van der Waals surface area contributed by atoms with Crippen LogP contribution < -0.4 is 10.2 Å². The molecular formula is C79H143N2O7P. The number of unbranched alkanes of at least 4 members (excludes halogenated alkanes) is 38. The van der Waals surface area contributed by atoms with Gasteiger partial charge in [0.1, 0.15) is 19.3 Å². The highest BCUT2D eigenvalue weighted by Gasteiger charge is 2.27. The van der Waals surface area contributed by atoms with Gasteiger partial charge < -0.3 is 28.5 Å². The first-order chi connectivity index (χ1) is 43.4. The van der Waals surface area contributed by atoms with Crippen LogP contribution in [0.25, 0.3) is 0 Å². The Bertz CT molecular complexity index is 1840. The molecule has 10 heteroatoms. The number of allylic oxidation sites excluding steroid dienone is 15. The summed E-state index contributed by atoms with van der Waals surface area (Å²) in [5.74, 6) is -0.537. The SMILES string of the molecule is CC/C=C\C/C=C\C/C=C\C/C=C\C/C=C\CCCCCCCCCCCCCC(=O)OC(/C=C/CCCCCCCCCCCCC)C(COP(=O)([O-])OCC[N+](C)(C)C)NC(=O)CCCCCCCCCCCCCCC/C=C\C/C=C\CCCCC. The van der Waals surface area contributed by atoms with Gasteiger partial charge in [-0.2, -0.15) is 0 Å². The van der Waals surface area contributed by atoms with Crippen molar-refractivity contribution in [3.63, 3.8) is 0 Å². The number of likely N-dealkylation sites (N-methyl/N-ethyl adjacent to an activating group) is 1. The van der Waals surface area contributed by atoms with E-state index in [2.05, 4.69) is 111 Å². The molecule has 1 N–H and O–H groups in total. The molecule has 3 unspecified atom stereocenters. The molecule has 0 aromatic carbocycles. The number of phosphoric acid groups is 1. The number of amides is 1. The summed E-state index contributed by atoms with van der Waals surface area (Å²) in [6.45, 7) is 6.74. The van der Waals surface area contributed by atoms with E-state index in [-0.39, 0.29) is 24.9 Å². The predicted molar refractivity (Wildman–Crippen MR) is 385 cm³/mol. The minimum Gasteiger partial charge on any atom is -0.756 e. The van der Waals surface area contributed by atoms with E-state index in [9.17, 15) is 19.0 Å². The summed E-state index contributed by atoms with van der Waals surface area (Å²) in [7, 11) is 1.18. The summed E-state index contributed by atoms with van der Waals surface area (Å²) in [6.07, 6.45) is 92.4. The Morgan fingerprint density at radius 3 is 1.10 bits per heavy atom. The molecule has 89 heavy (non-hydrogen) atoms. The molecule has 0 fully saturated rings. The minimum atomic E-state index is -4.71. The molecule has 0 aromatic heterocycles. The highest BCUT2D eigenvalue weighted by Crippen LogP contribution is 2.38. The van der Waals surface area contributed by atoms with Crippen molar-refractivity contribution in [2.75, 3.05) is 40.9 Å². The van der Waals surface area contributed by atoms with Crippen LogP contribution in [0.2, 0.25) is 0 Å². The molecule has 0 aliphatic carbocycles. The van der Waals surface area contributed by atoms with Crippen molar-refractivity contribution < 1.29 is 37.3 Å². The molecule has 3 atom stereocenters. The lowest BCUT2D eigenvalue weighted by Crippen LogP contribution is -2.47. The van der Waals surface area contributed by atoms with E-state index in [4.69, 9.17) is 13.8 Å². The lowest BCUT2D eigenvalue weighted by atomic mass is 10.0. The number of esters is 1. The molecule has 0 saturated carbocycles. The topological polar surface area (TPSA) is 114 Å². The predicted octanol–water partition coefficient (Wildman–Crippen LogP) is 23.6. The van der Waals surface area contributed by atoms with Gasteiger partial charge in [-0.3, -0.25) is 14.2 Å². The number of nitrogens with one attached hydrogen (secondary N) is 1. The van der Waals surface area contributed by atoms with Gasteiger partial charge in [-0.1, -0.05) is 317 Å². The molecular weight excluding hydrogens is 1120 g/mol. The van der Waals surface area contributed by atoms with Crippen molar-refractivity contribution in [1.29, 1.82) is 0 Å². The van der Waals surface area contributed by atoms with E-state index in [1.165, 1.54) is 205 Å². The fraction of sp³-hybridized carbons (Fsp3) is 0.772. The maximum Gasteiger partial charge on any atom is 0.306 e. The standard InChI is InChI=1S/C79H143N2O7P/c1-7-10-13-16-19-22-25-28-30-32-34-36-38-39-40-41-43-45-47-49-51-54-57-60-63-66-69-72-79(83)88-77(70-67-64-61-58-55-52-27-24-21-18-15-12-9-3)76(75-87-89(84,85)86-74-73-81(4,5)6)80-78(82)71-68-65-62-59-56-53-50-48-46-44-42-37-35-33-31-29-26-23-20-17-14-11-8-2/h10,13,19-20,22-23,28-31,34,36,39-40,67,70,76-77H,7-9,11-12,14-18,21,24-27,32-33,35,37-38,41-66,68-69,71-75H2,1-6H3,(H-,80,82,84,85)/b13-10-,22-19-,23-20-,30-28-,31-29-,36-34-,40-39-,70-67+. The van der Waals surface area contributed by atoms with Gasteiger partial charge in [-0.25, -0.2) is 0 Å². The third kappa shape index (κ3) is 69.1. The molecule has 0 heterocycles. The summed E-state index contributed by atoms with van der Waals surface area (Å²) in [5.41, 5.74) is 0. The maximum absolute atomic E-state index is 13.6. The molecule has 0 spiro atoms. The fourth-order valence-corrected chi connectivity index (χ4v) is 11.5. The van der Waals surface area contributed by atoms with Gasteiger partial charge >= 0.3 is 5.97 Å². The van der Waals surface area contributed by atoms with Gasteiger partial charge in [0.25, 0.3) is 7.82 Å². The molecule has 0 saturated heterocycles. The average Bonchev–Trinajstić information content (AvgIpc) is 3.63. The molecule has 0 bridgehead atoms. The number of carbonyl (C=O) groups is 2. The smallest absolute Gasteiger partial charge is 0.306 e. The molecule has 0 rings (SSSR count). The van der Waals surface area contributed by atoms with Crippen molar-refractivity contribution in [2.45, 2.75) is 354 Å². The summed E-state index contributed by atoms with van der Waals surface area (Å²) in [4.78, 5) is 40.3. The second-order valence-corrected chi connectivity index (χ2v) is 27.8. The summed E-state index contributed by atoms with van der Waals surface area (Å²) >= 11 is 0. The van der Waals surface area contributed by atoms with E-state index >= 15 is 0 Å². The quantitative estimate of drug-likeness (QED) is 0.0212. The van der Waals surface area contributed by atoms with Gasteiger partial charge in [0.05, 0.1) is 33.8 Å². The van der Waals surface area contributed by atoms with Crippen molar-refractivity contribution in [3.8, 4) is 0 Å². The van der Waals surface area contributed by atoms with E-state index in [1.807, 2.05) is 33.3 Å². The van der Waals surface area contributed by atoms with Gasteiger partial charge in [0.2, 0.25) is 5.91 Å². The highest BCUT2D eigenvalue weighted by molar-refractivity contribution is 7.45. The molecule has 1 amide bonds. The van der Waals surface area contributed by atoms with E-state index in [0.717, 1.165) is 103 Å². The zero-order chi connectivity index (χ0) is 64.9. The molecule has 0 aliphatic rings. The summed E-state index contributed by atoms with van der Waals surface area (Å²) in [5, 5.41) is 3.05. The lowest BCUT2D eigenvalue weighted by Gasteiger charge is -2.30. The number of hydrogen-bond donors (Lipinski definition) is 1. The average molecular weight is 1260 g/mol. The van der Waals surface area contributed by atoms with Crippen LogP contribution in [0.4, 0.5) is 0 Å². The van der Waals surface area contributed by atoms with Crippen molar-refractivity contribution >= 4 is 19.7 Å². The maximum atomic E-state index is 13.6. The number of nitrogens with zero attached hydrogens (tertiary/aromatic N) is 1. The number of carbonyl (C=O) groups excluding carboxylic acids is 2. The van der Waals surface area contributed by atoms with Crippen LogP contribution in [0, 0.1) is 0 Å². The molecule has 0 radical (unpaired) electrons. The van der Waals surface area contributed by atoms with E-state index in [1.54, 1.807) is 0 Å². The van der Waals surface area contributed by atoms with Gasteiger partial charge in [0.15, 0.2) is 0 Å². The zero-order valence-electron chi connectivity index (χ0n) is 59.1. The van der Waals surface area contributed by atoms with E-state index in [0.29, 0.717) is 17.4 Å². The van der Waals surface area contributed by atoms with Crippen LogP contribution in [0.3, 0.4) is 0 Å². The molecule has 9 nitrogen and oxygen atoms in total. The van der Waals surface area contributed by atoms with Crippen LogP contribution >= 0.6 is 7.82 Å². The first-order valence-corrected chi connectivity index (χ1v) is 39.0. The molecule has 0 aromatic rings. The van der Waals surface area contributed by atoms with Crippen molar-refractivity contribution in [3.05, 3.63) is 97.2 Å². The monoisotopic (exact) mass is 1260 g/mol. The van der Waals surface area contributed by atoms with Crippen LogP contribution in [-0.4, -0.2) is 69.4 Å². The number of hydrogen-bond acceptors (Lipinski definition) is 7. The van der Waals surface area contributed by atoms with Crippen LogP contribution in [0.15, 0.2) is 97.2 Å². The van der Waals surface area contributed by atoms with Crippen LogP contribution in [0.1, 0.15) is 342 Å². The Morgan fingerprint density at radius 2 is 0.719 bits per heavy atom. The Balaban J connectivity index is 5.04. The number of rotatable bonds is 68. The Kier molecular flexibility index (Phi) is 65.5. The summed E-state index contributed by atoms with van der Waals surface area (Å²) < 4.78 is 30.5. The first-order valence-electron chi connectivity index (χ1n) is 37.5. The molecule has 516 valence electrons. The number of ether oxygens (including phenoxy) is 1. The zero-order valence-corrected chi connectivity index (χ0v) is 60.0. The third-order valence-corrected chi connectivity index (χ3v) is 17.5. The Morgan fingerprint density at radius 1 is 0.404 bits per heavy atom. The second-order valence-electron chi connectivity index (χ2n) is 26.4. The van der Waals surface area contributed by atoms with Gasteiger partial charge in [-0.15, -0.1) is 0 Å². The minimum absolute atomic E-state index is 0.0252. The van der Waals surface area contributed by atoms with Crippen LogP contribution in [0.5, 0.6) is 0 Å². The van der Waals surface area contributed by atoms with Gasteiger partial charge in [-0.05, 0) is 109 Å². The van der Waals surface area contributed by atoms with Crippen molar-refractivity contribution in [1.82, 2.24) is 5.32 Å². The first kappa shape index (κ1) is 85.9. The van der Waals surface area contributed by atoms with Gasteiger partial charge in [0, 0.05) is 12.8 Å². The molecule has 0 aliphatic heterocycles. The van der Waals surface area contributed by atoms with Crippen molar-refractivity contribution in [2.24, 2.45) is 0 Å².